The average molecular weight is 287 g/mol. The lowest BCUT2D eigenvalue weighted by molar-refractivity contribution is 0.289. The Morgan fingerprint density at radius 2 is 2.24 bits per heavy atom. The van der Waals surface area contributed by atoms with E-state index in [4.69, 9.17) is 4.98 Å². The number of hydrogen-bond donors (Lipinski definition) is 2. The standard InChI is InChI=1S/C16H25N5/c1-11(2)13-10-18-21-8-6-14(20-15(13)21)19-12-5-7-16(3,4)17-9-12/h6,8,10-12,17H,5,7,9H2,1-4H3,(H,19,20)/t12-/m0/s1. The first-order chi connectivity index (χ1) is 9.94. The topological polar surface area (TPSA) is 54.2 Å². The molecule has 1 aliphatic rings. The van der Waals surface area contributed by atoms with Crippen molar-refractivity contribution in [3.63, 3.8) is 0 Å². The van der Waals surface area contributed by atoms with Crippen molar-refractivity contribution in [2.75, 3.05) is 11.9 Å². The quantitative estimate of drug-likeness (QED) is 0.911. The summed E-state index contributed by atoms with van der Waals surface area (Å²) in [5.74, 6) is 1.37. The maximum Gasteiger partial charge on any atom is 0.160 e. The van der Waals surface area contributed by atoms with Gasteiger partial charge in [0, 0.05) is 29.9 Å². The normalized spacial score (nSPS) is 21.9. The molecule has 3 heterocycles. The van der Waals surface area contributed by atoms with Crippen molar-refractivity contribution in [3.8, 4) is 0 Å². The second kappa shape index (κ2) is 5.30. The Hall–Kier alpha value is -1.62. The SMILES string of the molecule is CC(C)c1cnn2ccc(N[C@H]3CCC(C)(C)NC3)nc12. The van der Waals surface area contributed by atoms with E-state index in [0.717, 1.165) is 18.0 Å². The summed E-state index contributed by atoms with van der Waals surface area (Å²) in [5.41, 5.74) is 2.41. The van der Waals surface area contributed by atoms with Crippen molar-refractivity contribution >= 4 is 11.5 Å². The maximum absolute atomic E-state index is 4.75. The van der Waals surface area contributed by atoms with Gasteiger partial charge in [0.25, 0.3) is 0 Å². The molecule has 2 aromatic rings. The highest BCUT2D eigenvalue weighted by Crippen LogP contribution is 2.22. The molecule has 0 amide bonds. The summed E-state index contributed by atoms with van der Waals surface area (Å²) in [6.07, 6.45) is 6.25. The number of nitrogens with one attached hydrogen (secondary N) is 2. The second-order valence-corrected chi connectivity index (χ2v) is 6.98. The van der Waals surface area contributed by atoms with Gasteiger partial charge >= 0.3 is 0 Å². The number of aromatic nitrogens is 3. The third kappa shape index (κ3) is 3.02. The largest absolute Gasteiger partial charge is 0.366 e. The van der Waals surface area contributed by atoms with Crippen LogP contribution in [-0.4, -0.2) is 32.7 Å². The fourth-order valence-electron chi connectivity index (χ4n) is 2.83. The molecule has 0 radical (unpaired) electrons. The molecule has 0 unspecified atom stereocenters. The molecule has 5 nitrogen and oxygen atoms in total. The number of fused-ring (bicyclic) bond motifs is 1. The van der Waals surface area contributed by atoms with Gasteiger partial charge in [-0.3, -0.25) is 0 Å². The van der Waals surface area contributed by atoms with Crippen LogP contribution in [0.3, 0.4) is 0 Å². The number of anilines is 1. The van der Waals surface area contributed by atoms with Crippen molar-refractivity contribution in [2.45, 2.75) is 58.0 Å². The van der Waals surface area contributed by atoms with Crippen LogP contribution in [0.5, 0.6) is 0 Å². The summed E-state index contributed by atoms with van der Waals surface area (Å²) < 4.78 is 1.85. The highest BCUT2D eigenvalue weighted by Gasteiger charge is 2.26. The average Bonchev–Trinajstić information content (AvgIpc) is 2.84. The van der Waals surface area contributed by atoms with E-state index in [0.29, 0.717) is 12.0 Å². The molecular formula is C16H25N5. The Morgan fingerprint density at radius 1 is 1.43 bits per heavy atom. The lowest BCUT2D eigenvalue weighted by Crippen LogP contribution is -2.50. The Labute approximate surface area is 126 Å². The van der Waals surface area contributed by atoms with Gasteiger partial charge in [-0.05, 0) is 38.7 Å². The predicted octanol–water partition coefficient (Wildman–Crippen LogP) is 2.80. The zero-order chi connectivity index (χ0) is 15.0. The van der Waals surface area contributed by atoms with Gasteiger partial charge in [0.05, 0.1) is 6.20 Å². The van der Waals surface area contributed by atoms with E-state index in [1.807, 2.05) is 23.0 Å². The van der Waals surface area contributed by atoms with Crippen molar-refractivity contribution in [1.29, 1.82) is 0 Å². The van der Waals surface area contributed by atoms with Crippen molar-refractivity contribution < 1.29 is 0 Å². The minimum Gasteiger partial charge on any atom is -0.366 e. The van der Waals surface area contributed by atoms with Crippen LogP contribution in [0.2, 0.25) is 0 Å². The molecule has 1 aliphatic heterocycles. The molecule has 2 aromatic heterocycles. The second-order valence-electron chi connectivity index (χ2n) is 6.98. The molecule has 0 aliphatic carbocycles. The van der Waals surface area contributed by atoms with E-state index in [1.54, 1.807) is 0 Å². The van der Waals surface area contributed by atoms with E-state index in [9.17, 15) is 0 Å². The molecule has 1 atom stereocenters. The van der Waals surface area contributed by atoms with Gasteiger partial charge in [0.1, 0.15) is 5.82 Å². The lowest BCUT2D eigenvalue weighted by Gasteiger charge is -2.36. The van der Waals surface area contributed by atoms with Crippen LogP contribution >= 0.6 is 0 Å². The summed E-state index contributed by atoms with van der Waals surface area (Å²) in [6, 6.07) is 2.45. The highest BCUT2D eigenvalue weighted by molar-refractivity contribution is 5.53. The minimum atomic E-state index is 0.256. The Bertz CT molecular complexity index is 619. The molecule has 21 heavy (non-hydrogen) atoms. The van der Waals surface area contributed by atoms with E-state index in [2.05, 4.69) is 43.4 Å². The number of piperidine rings is 1. The van der Waals surface area contributed by atoms with E-state index >= 15 is 0 Å². The Balaban J connectivity index is 1.77. The molecule has 2 N–H and O–H groups in total. The molecule has 0 bridgehead atoms. The zero-order valence-corrected chi connectivity index (χ0v) is 13.3. The maximum atomic E-state index is 4.75. The van der Waals surface area contributed by atoms with Gasteiger partial charge < -0.3 is 10.6 Å². The van der Waals surface area contributed by atoms with E-state index < -0.39 is 0 Å². The van der Waals surface area contributed by atoms with E-state index in [-0.39, 0.29) is 5.54 Å². The smallest absolute Gasteiger partial charge is 0.160 e. The number of hydrogen-bond acceptors (Lipinski definition) is 4. The molecule has 0 saturated carbocycles. The summed E-state index contributed by atoms with van der Waals surface area (Å²) in [7, 11) is 0. The molecule has 1 fully saturated rings. The van der Waals surface area contributed by atoms with Gasteiger partial charge in [0.2, 0.25) is 0 Å². The first-order valence-electron chi connectivity index (χ1n) is 7.80. The predicted molar refractivity (Wildman–Crippen MR) is 85.8 cm³/mol. The van der Waals surface area contributed by atoms with Crippen LogP contribution in [0.1, 0.15) is 52.0 Å². The van der Waals surface area contributed by atoms with Gasteiger partial charge in [-0.1, -0.05) is 13.8 Å². The first-order valence-corrected chi connectivity index (χ1v) is 7.80. The third-order valence-electron chi connectivity index (χ3n) is 4.32. The van der Waals surface area contributed by atoms with Crippen molar-refractivity contribution in [3.05, 3.63) is 24.0 Å². The van der Waals surface area contributed by atoms with Crippen LogP contribution in [0.4, 0.5) is 5.82 Å². The fraction of sp³-hybridized carbons (Fsp3) is 0.625. The number of nitrogens with zero attached hydrogens (tertiary/aromatic N) is 3. The summed E-state index contributed by atoms with van der Waals surface area (Å²) in [6.45, 7) is 9.84. The van der Waals surface area contributed by atoms with Crippen LogP contribution in [0.25, 0.3) is 5.65 Å². The fourth-order valence-corrected chi connectivity index (χ4v) is 2.83. The van der Waals surface area contributed by atoms with Crippen LogP contribution in [-0.2, 0) is 0 Å². The molecule has 0 spiro atoms. The Kier molecular flexibility index (Phi) is 3.61. The van der Waals surface area contributed by atoms with Crippen molar-refractivity contribution in [1.82, 2.24) is 19.9 Å². The van der Waals surface area contributed by atoms with Crippen LogP contribution < -0.4 is 10.6 Å². The summed E-state index contributed by atoms with van der Waals surface area (Å²) in [5, 5.41) is 11.5. The first kappa shape index (κ1) is 14.3. The number of rotatable bonds is 3. The highest BCUT2D eigenvalue weighted by atomic mass is 15.3. The van der Waals surface area contributed by atoms with Gasteiger partial charge in [-0.25, -0.2) is 9.50 Å². The molecule has 5 heteroatoms. The van der Waals surface area contributed by atoms with Crippen molar-refractivity contribution in [2.24, 2.45) is 0 Å². The molecule has 3 rings (SSSR count). The Morgan fingerprint density at radius 3 is 2.90 bits per heavy atom. The summed E-state index contributed by atoms with van der Waals surface area (Å²) >= 11 is 0. The monoisotopic (exact) mass is 287 g/mol. The molecular weight excluding hydrogens is 262 g/mol. The molecule has 0 aromatic carbocycles. The van der Waals surface area contributed by atoms with Crippen LogP contribution in [0, 0.1) is 0 Å². The lowest BCUT2D eigenvalue weighted by atomic mass is 9.91. The van der Waals surface area contributed by atoms with Gasteiger partial charge in [-0.15, -0.1) is 0 Å². The zero-order valence-electron chi connectivity index (χ0n) is 13.3. The van der Waals surface area contributed by atoms with Gasteiger partial charge in [-0.2, -0.15) is 5.10 Å². The van der Waals surface area contributed by atoms with Crippen LogP contribution in [0.15, 0.2) is 18.5 Å². The van der Waals surface area contributed by atoms with E-state index in [1.165, 1.54) is 18.4 Å². The molecule has 114 valence electrons. The van der Waals surface area contributed by atoms with Gasteiger partial charge in [0.15, 0.2) is 5.65 Å². The molecule has 1 saturated heterocycles. The third-order valence-corrected chi connectivity index (χ3v) is 4.32. The minimum absolute atomic E-state index is 0.256. The summed E-state index contributed by atoms with van der Waals surface area (Å²) in [4.78, 5) is 4.75.